The quantitative estimate of drug-likeness (QED) is 0.526. The van der Waals surface area contributed by atoms with Gasteiger partial charge < -0.3 is 5.21 Å². The fraction of sp³-hybridized carbons (Fsp3) is 0.300. The summed E-state index contributed by atoms with van der Waals surface area (Å²) in [5, 5.41) is 11.9. The topological polar surface area (TPSA) is 66.7 Å². The lowest BCUT2D eigenvalue weighted by atomic mass is 10.1. The summed E-state index contributed by atoms with van der Waals surface area (Å²) in [6.45, 7) is 1.56. The lowest BCUT2D eigenvalue weighted by Gasteiger charge is -2.04. The van der Waals surface area contributed by atoms with Crippen LogP contribution >= 0.6 is 15.9 Å². The molecule has 0 amide bonds. The number of hydrogen-bond acceptors (Lipinski definition) is 4. The molecule has 0 fully saturated rings. The van der Waals surface area contributed by atoms with E-state index in [0.717, 1.165) is 4.47 Å². The molecule has 0 radical (unpaired) electrons. The van der Waals surface area contributed by atoms with Crippen molar-refractivity contribution >= 4 is 31.5 Å². The summed E-state index contributed by atoms with van der Waals surface area (Å²) >= 11 is 3.27. The first-order valence-electron chi connectivity index (χ1n) is 4.66. The predicted octanol–water partition coefficient (Wildman–Crippen LogP) is 2.06. The molecule has 0 atom stereocenters. The molecule has 0 aliphatic heterocycles. The number of nitrogens with zero attached hydrogens (tertiary/aromatic N) is 1. The van der Waals surface area contributed by atoms with Crippen molar-refractivity contribution in [2.45, 2.75) is 6.92 Å². The predicted molar refractivity (Wildman–Crippen MR) is 66.8 cm³/mol. The van der Waals surface area contributed by atoms with E-state index in [-0.39, 0.29) is 17.2 Å². The molecule has 88 valence electrons. The van der Waals surface area contributed by atoms with Gasteiger partial charge in [0.1, 0.15) is 5.71 Å². The average Bonchev–Trinajstić information content (AvgIpc) is 2.27. The highest BCUT2D eigenvalue weighted by atomic mass is 79.9. The van der Waals surface area contributed by atoms with Gasteiger partial charge in [0.25, 0.3) is 0 Å². The SMILES string of the molecule is CCS(=O)(=O)C/C(=N/O)c1ccc(Br)cc1. The lowest BCUT2D eigenvalue weighted by Crippen LogP contribution is -2.18. The molecule has 0 bridgehead atoms. The maximum absolute atomic E-state index is 11.4. The highest BCUT2D eigenvalue weighted by molar-refractivity contribution is 9.10. The van der Waals surface area contributed by atoms with Gasteiger partial charge in [0.2, 0.25) is 0 Å². The van der Waals surface area contributed by atoms with E-state index in [0.29, 0.717) is 5.56 Å². The zero-order valence-corrected chi connectivity index (χ0v) is 11.1. The third-order valence-corrected chi connectivity index (χ3v) is 4.22. The van der Waals surface area contributed by atoms with E-state index in [1.165, 1.54) is 0 Å². The fourth-order valence-electron chi connectivity index (χ4n) is 1.12. The third-order valence-electron chi connectivity index (χ3n) is 2.09. The van der Waals surface area contributed by atoms with Crippen LogP contribution in [0.4, 0.5) is 0 Å². The minimum absolute atomic E-state index is 0.0303. The Kier molecular flexibility index (Phi) is 4.49. The van der Waals surface area contributed by atoms with E-state index in [1.54, 1.807) is 31.2 Å². The van der Waals surface area contributed by atoms with Crippen molar-refractivity contribution in [2.75, 3.05) is 11.5 Å². The highest BCUT2D eigenvalue weighted by Crippen LogP contribution is 2.12. The standard InChI is InChI=1S/C10H12BrNO3S/c1-2-16(14,15)7-10(12-13)8-3-5-9(11)6-4-8/h3-6,13H,2,7H2,1H3/b12-10-. The van der Waals surface area contributed by atoms with E-state index >= 15 is 0 Å². The van der Waals surface area contributed by atoms with Crippen LogP contribution in [0.2, 0.25) is 0 Å². The molecule has 0 unspecified atom stereocenters. The maximum atomic E-state index is 11.4. The molecule has 0 aliphatic carbocycles. The summed E-state index contributed by atoms with van der Waals surface area (Å²) in [6.07, 6.45) is 0. The Morgan fingerprint density at radius 3 is 2.38 bits per heavy atom. The van der Waals surface area contributed by atoms with Gasteiger partial charge in [-0.2, -0.15) is 0 Å². The summed E-state index contributed by atoms with van der Waals surface area (Å²) < 4.78 is 23.7. The van der Waals surface area contributed by atoms with Crippen molar-refractivity contribution in [1.82, 2.24) is 0 Å². The van der Waals surface area contributed by atoms with Gasteiger partial charge in [-0.25, -0.2) is 8.42 Å². The van der Waals surface area contributed by atoms with E-state index < -0.39 is 9.84 Å². The molecule has 0 spiro atoms. The van der Waals surface area contributed by atoms with Crippen LogP contribution in [-0.4, -0.2) is 30.8 Å². The van der Waals surface area contributed by atoms with Crippen LogP contribution in [0.1, 0.15) is 12.5 Å². The van der Waals surface area contributed by atoms with Crippen LogP contribution in [0, 0.1) is 0 Å². The zero-order valence-electron chi connectivity index (χ0n) is 8.72. The Balaban J connectivity index is 2.97. The van der Waals surface area contributed by atoms with Gasteiger partial charge >= 0.3 is 0 Å². The van der Waals surface area contributed by atoms with Crippen molar-refractivity contribution in [2.24, 2.45) is 5.16 Å². The summed E-state index contributed by atoms with van der Waals surface area (Å²) in [7, 11) is -3.19. The van der Waals surface area contributed by atoms with E-state index in [4.69, 9.17) is 5.21 Å². The number of hydrogen-bond donors (Lipinski definition) is 1. The molecule has 0 aromatic heterocycles. The first-order chi connectivity index (χ1) is 7.48. The van der Waals surface area contributed by atoms with Gasteiger partial charge in [0.05, 0.1) is 5.75 Å². The second-order valence-corrected chi connectivity index (χ2v) is 6.50. The van der Waals surface area contributed by atoms with Crippen molar-refractivity contribution < 1.29 is 13.6 Å². The molecule has 6 heteroatoms. The Morgan fingerprint density at radius 1 is 1.38 bits per heavy atom. The third kappa shape index (κ3) is 3.61. The summed E-state index contributed by atoms with van der Waals surface area (Å²) in [5.74, 6) is -0.218. The van der Waals surface area contributed by atoms with E-state index in [9.17, 15) is 8.42 Å². The molecule has 16 heavy (non-hydrogen) atoms. The van der Waals surface area contributed by atoms with Crippen LogP contribution in [0.15, 0.2) is 33.9 Å². The van der Waals surface area contributed by atoms with Crippen molar-refractivity contribution in [3.63, 3.8) is 0 Å². The van der Waals surface area contributed by atoms with Crippen LogP contribution in [0.25, 0.3) is 0 Å². The summed E-state index contributed by atoms with van der Waals surface area (Å²) in [5.41, 5.74) is 0.761. The van der Waals surface area contributed by atoms with Crippen LogP contribution in [-0.2, 0) is 9.84 Å². The molecule has 1 N–H and O–H groups in total. The van der Waals surface area contributed by atoms with Crippen molar-refractivity contribution in [1.29, 1.82) is 0 Å². The van der Waals surface area contributed by atoms with Gasteiger partial charge in [-0.3, -0.25) is 0 Å². The van der Waals surface area contributed by atoms with E-state index in [2.05, 4.69) is 21.1 Å². The number of benzene rings is 1. The molecule has 0 aliphatic rings. The lowest BCUT2D eigenvalue weighted by molar-refractivity contribution is 0.319. The Morgan fingerprint density at radius 2 is 1.94 bits per heavy atom. The highest BCUT2D eigenvalue weighted by Gasteiger charge is 2.14. The molecular weight excluding hydrogens is 294 g/mol. The zero-order chi connectivity index (χ0) is 12.2. The van der Waals surface area contributed by atoms with Gasteiger partial charge in [-0.15, -0.1) is 0 Å². The largest absolute Gasteiger partial charge is 0.411 e. The van der Waals surface area contributed by atoms with Gasteiger partial charge in [-0.1, -0.05) is 40.1 Å². The smallest absolute Gasteiger partial charge is 0.155 e. The summed E-state index contributed by atoms with van der Waals surface area (Å²) in [6, 6.07) is 6.92. The van der Waals surface area contributed by atoms with Crippen molar-refractivity contribution in [3.8, 4) is 0 Å². The van der Waals surface area contributed by atoms with Gasteiger partial charge in [0.15, 0.2) is 9.84 Å². The van der Waals surface area contributed by atoms with Gasteiger partial charge in [-0.05, 0) is 12.1 Å². The average molecular weight is 306 g/mol. The minimum atomic E-state index is -3.19. The number of halogens is 1. The molecule has 4 nitrogen and oxygen atoms in total. The van der Waals surface area contributed by atoms with E-state index in [1.807, 2.05) is 0 Å². The van der Waals surface area contributed by atoms with Crippen LogP contribution in [0.5, 0.6) is 0 Å². The number of rotatable bonds is 4. The second-order valence-electron chi connectivity index (χ2n) is 3.23. The van der Waals surface area contributed by atoms with Gasteiger partial charge in [0, 0.05) is 15.8 Å². The molecule has 0 saturated heterocycles. The molecule has 1 rings (SSSR count). The fourth-order valence-corrected chi connectivity index (χ4v) is 2.23. The number of oxime groups is 1. The number of sulfone groups is 1. The second kappa shape index (κ2) is 5.45. The Hall–Kier alpha value is -0.880. The molecule has 0 heterocycles. The maximum Gasteiger partial charge on any atom is 0.155 e. The monoisotopic (exact) mass is 305 g/mol. The normalized spacial score (nSPS) is 12.8. The molecule has 0 saturated carbocycles. The van der Waals surface area contributed by atoms with Crippen molar-refractivity contribution in [3.05, 3.63) is 34.3 Å². The molecular formula is C10H12BrNO3S. The van der Waals surface area contributed by atoms with Crippen LogP contribution in [0.3, 0.4) is 0 Å². The first-order valence-corrected chi connectivity index (χ1v) is 7.27. The van der Waals surface area contributed by atoms with Crippen LogP contribution < -0.4 is 0 Å². The minimum Gasteiger partial charge on any atom is -0.411 e. The Labute approximate surface area is 103 Å². The Bertz CT molecular complexity index is 479. The molecule has 1 aromatic rings. The first kappa shape index (κ1) is 13.2. The summed E-state index contributed by atoms with van der Waals surface area (Å²) in [4.78, 5) is 0. The molecule has 1 aromatic carbocycles.